The Balaban J connectivity index is 2.70. The monoisotopic (exact) mass is 271 g/mol. The van der Waals surface area contributed by atoms with Crippen molar-refractivity contribution in [2.75, 3.05) is 20.8 Å². The molecular formula is C12H14FNO5. The summed E-state index contributed by atoms with van der Waals surface area (Å²) in [6, 6.07) is 3.60. The minimum atomic E-state index is -1.18. The van der Waals surface area contributed by atoms with Crippen LogP contribution < -0.4 is 10.1 Å². The lowest BCUT2D eigenvalue weighted by molar-refractivity contribution is -0.148. The zero-order valence-electron chi connectivity index (χ0n) is 10.5. The van der Waals surface area contributed by atoms with Crippen LogP contribution in [0.2, 0.25) is 0 Å². The lowest BCUT2D eigenvalue weighted by Crippen LogP contribution is -2.37. The molecule has 2 N–H and O–H groups in total. The van der Waals surface area contributed by atoms with Gasteiger partial charge >= 0.3 is 5.97 Å². The van der Waals surface area contributed by atoms with Gasteiger partial charge in [-0.1, -0.05) is 0 Å². The number of nitrogens with one attached hydrogen (secondary N) is 1. The highest BCUT2D eigenvalue weighted by Gasteiger charge is 2.18. The second-order valence-corrected chi connectivity index (χ2v) is 3.62. The van der Waals surface area contributed by atoms with Crippen molar-refractivity contribution < 1.29 is 28.6 Å². The number of halogens is 1. The maximum Gasteiger partial charge on any atom is 0.334 e. The number of hydrogen-bond donors (Lipinski definition) is 2. The molecule has 0 radical (unpaired) electrons. The Morgan fingerprint density at radius 2 is 2.11 bits per heavy atom. The fourth-order valence-electron chi connectivity index (χ4n) is 1.36. The number of ether oxygens (including phenoxy) is 2. The van der Waals surface area contributed by atoms with Crippen LogP contribution in [0.15, 0.2) is 18.2 Å². The van der Waals surface area contributed by atoms with Gasteiger partial charge in [-0.2, -0.15) is 0 Å². The second-order valence-electron chi connectivity index (χ2n) is 3.62. The van der Waals surface area contributed by atoms with E-state index in [-0.39, 0.29) is 17.9 Å². The third kappa shape index (κ3) is 3.92. The van der Waals surface area contributed by atoms with E-state index in [1.807, 2.05) is 0 Å². The predicted molar refractivity (Wildman–Crippen MR) is 63.7 cm³/mol. The highest BCUT2D eigenvalue weighted by atomic mass is 19.1. The van der Waals surface area contributed by atoms with Crippen LogP contribution in [0.5, 0.6) is 5.75 Å². The Hall–Kier alpha value is -2.15. The first-order valence-corrected chi connectivity index (χ1v) is 5.37. The van der Waals surface area contributed by atoms with E-state index in [1.165, 1.54) is 26.4 Å². The van der Waals surface area contributed by atoms with Crippen LogP contribution in [0.3, 0.4) is 0 Å². The zero-order valence-corrected chi connectivity index (χ0v) is 10.5. The highest BCUT2D eigenvalue weighted by molar-refractivity contribution is 5.94. The van der Waals surface area contributed by atoms with Gasteiger partial charge in [0.25, 0.3) is 5.91 Å². The third-order valence-corrected chi connectivity index (χ3v) is 2.42. The fraction of sp³-hybridized carbons (Fsp3) is 0.333. The van der Waals surface area contributed by atoms with Gasteiger partial charge in [-0.05, 0) is 18.2 Å². The van der Waals surface area contributed by atoms with Crippen molar-refractivity contribution in [2.45, 2.75) is 6.10 Å². The Bertz CT molecular complexity index is 477. The summed E-state index contributed by atoms with van der Waals surface area (Å²) in [4.78, 5) is 22.4. The molecule has 0 heterocycles. The van der Waals surface area contributed by atoms with Gasteiger partial charge in [0.1, 0.15) is 0 Å². The average Bonchev–Trinajstić information content (AvgIpc) is 2.39. The van der Waals surface area contributed by atoms with Crippen LogP contribution in [0, 0.1) is 5.82 Å². The van der Waals surface area contributed by atoms with Gasteiger partial charge < -0.3 is 19.9 Å². The van der Waals surface area contributed by atoms with E-state index >= 15 is 0 Å². The summed E-state index contributed by atoms with van der Waals surface area (Å²) in [6.45, 7) is -0.190. The van der Waals surface area contributed by atoms with Crippen LogP contribution in [-0.2, 0) is 9.53 Å². The Morgan fingerprint density at radius 3 is 2.63 bits per heavy atom. The van der Waals surface area contributed by atoms with Crippen molar-refractivity contribution in [2.24, 2.45) is 0 Å². The number of carbonyl (C=O) groups is 2. The molecule has 0 fully saturated rings. The largest absolute Gasteiger partial charge is 0.494 e. The molecule has 7 heteroatoms. The Morgan fingerprint density at radius 1 is 1.42 bits per heavy atom. The van der Waals surface area contributed by atoms with Crippen LogP contribution in [-0.4, -0.2) is 43.9 Å². The standard InChI is InChI=1S/C12H14FNO5/c1-18-9-5-7(3-4-8(9)13)11(15)14-6-10(19-2)12(16)17/h3-5,10H,6H2,1-2H3,(H,14,15)(H,16,17). The van der Waals surface area contributed by atoms with Crippen LogP contribution >= 0.6 is 0 Å². The summed E-state index contributed by atoms with van der Waals surface area (Å²) in [7, 11) is 2.51. The summed E-state index contributed by atoms with van der Waals surface area (Å²) in [5.41, 5.74) is 0.165. The van der Waals surface area contributed by atoms with E-state index in [9.17, 15) is 14.0 Å². The van der Waals surface area contributed by atoms with E-state index in [4.69, 9.17) is 9.84 Å². The first-order valence-electron chi connectivity index (χ1n) is 5.37. The number of carboxylic acids is 1. The molecule has 0 spiro atoms. The normalized spacial score (nSPS) is 11.7. The van der Waals surface area contributed by atoms with E-state index in [1.54, 1.807) is 0 Å². The van der Waals surface area contributed by atoms with Crippen LogP contribution in [0.1, 0.15) is 10.4 Å². The molecule has 6 nitrogen and oxygen atoms in total. The number of carboxylic acid groups (broad SMARTS) is 1. The number of hydrogen-bond acceptors (Lipinski definition) is 4. The third-order valence-electron chi connectivity index (χ3n) is 2.42. The van der Waals surface area contributed by atoms with Gasteiger partial charge in [0.05, 0.1) is 13.7 Å². The molecule has 19 heavy (non-hydrogen) atoms. The first kappa shape index (κ1) is 14.9. The summed E-state index contributed by atoms with van der Waals surface area (Å²) in [5.74, 6) is -2.37. The Kier molecular flexibility index (Phi) is 5.25. The van der Waals surface area contributed by atoms with Gasteiger partial charge in [-0.3, -0.25) is 4.79 Å². The summed E-state index contributed by atoms with van der Waals surface area (Å²) in [5, 5.41) is 11.1. The van der Waals surface area contributed by atoms with E-state index in [0.717, 1.165) is 6.07 Å². The summed E-state index contributed by atoms with van der Waals surface area (Å²) < 4.78 is 22.6. The van der Waals surface area contributed by atoms with Crippen molar-refractivity contribution in [3.8, 4) is 5.75 Å². The molecule has 1 amide bonds. The summed E-state index contributed by atoms with van der Waals surface area (Å²) in [6.07, 6.45) is -1.13. The molecule has 1 atom stereocenters. The lowest BCUT2D eigenvalue weighted by Gasteiger charge is -2.12. The molecule has 1 rings (SSSR count). The SMILES string of the molecule is COc1cc(C(=O)NCC(OC)C(=O)O)ccc1F. The number of methoxy groups -OCH3 is 2. The molecule has 104 valence electrons. The van der Waals surface area contributed by atoms with Gasteiger partial charge in [-0.25, -0.2) is 9.18 Å². The molecular weight excluding hydrogens is 257 g/mol. The fourth-order valence-corrected chi connectivity index (χ4v) is 1.36. The molecule has 1 aromatic rings. The lowest BCUT2D eigenvalue weighted by atomic mass is 10.2. The van der Waals surface area contributed by atoms with Crippen molar-refractivity contribution in [1.29, 1.82) is 0 Å². The van der Waals surface area contributed by atoms with E-state index < -0.39 is 23.8 Å². The maximum absolute atomic E-state index is 13.2. The average molecular weight is 271 g/mol. The van der Waals surface area contributed by atoms with Crippen molar-refractivity contribution in [3.63, 3.8) is 0 Å². The van der Waals surface area contributed by atoms with E-state index in [0.29, 0.717) is 0 Å². The smallest absolute Gasteiger partial charge is 0.334 e. The minimum Gasteiger partial charge on any atom is -0.494 e. The van der Waals surface area contributed by atoms with Gasteiger partial charge in [0.2, 0.25) is 0 Å². The predicted octanol–water partition coefficient (Wildman–Crippen LogP) is 0.664. The van der Waals surface area contributed by atoms with E-state index in [2.05, 4.69) is 10.1 Å². The molecule has 1 aromatic carbocycles. The van der Waals surface area contributed by atoms with Crippen molar-refractivity contribution in [3.05, 3.63) is 29.6 Å². The zero-order chi connectivity index (χ0) is 14.4. The molecule has 0 aliphatic heterocycles. The molecule has 1 unspecified atom stereocenters. The minimum absolute atomic E-state index is 0.0609. The van der Waals surface area contributed by atoms with Crippen LogP contribution in [0.4, 0.5) is 4.39 Å². The number of benzene rings is 1. The van der Waals surface area contributed by atoms with Gasteiger partial charge in [0.15, 0.2) is 17.7 Å². The van der Waals surface area contributed by atoms with Gasteiger partial charge in [-0.15, -0.1) is 0 Å². The Labute approximate surface area is 109 Å². The maximum atomic E-state index is 13.2. The molecule has 0 saturated carbocycles. The quantitative estimate of drug-likeness (QED) is 0.794. The van der Waals surface area contributed by atoms with Crippen molar-refractivity contribution in [1.82, 2.24) is 5.32 Å². The number of carbonyl (C=O) groups excluding carboxylic acids is 1. The van der Waals surface area contributed by atoms with Crippen molar-refractivity contribution >= 4 is 11.9 Å². The second kappa shape index (κ2) is 6.69. The number of amides is 1. The van der Waals surface area contributed by atoms with Gasteiger partial charge in [0, 0.05) is 12.7 Å². The topological polar surface area (TPSA) is 84.9 Å². The first-order chi connectivity index (χ1) is 8.99. The molecule has 0 aliphatic rings. The molecule has 0 aliphatic carbocycles. The molecule has 0 aromatic heterocycles. The molecule has 0 saturated heterocycles. The number of rotatable bonds is 6. The number of aliphatic carboxylic acids is 1. The molecule has 0 bridgehead atoms. The van der Waals surface area contributed by atoms with Crippen LogP contribution in [0.25, 0.3) is 0 Å². The summed E-state index contributed by atoms with van der Waals surface area (Å²) >= 11 is 0. The highest BCUT2D eigenvalue weighted by Crippen LogP contribution is 2.18.